The summed E-state index contributed by atoms with van der Waals surface area (Å²) in [6, 6.07) is 6.15. The molecule has 1 rings (SSSR count). The van der Waals surface area contributed by atoms with E-state index in [1.54, 1.807) is 6.21 Å². The minimum Gasteiger partial charge on any atom is -0.544 e. The van der Waals surface area contributed by atoms with Gasteiger partial charge in [-0.15, -0.1) is 5.16 Å². The highest BCUT2D eigenvalue weighted by atomic mass is 28.4. The van der Waals surface area contributed by atoms with E-state index >= 15 is 0 Å². The molecule has 0 aliphatic carbocycles. The molecule has 0 amide bonds. The lowest BCUT2D eigenvalue weighted by Gasteiger charge is -2.21. The van der Waals surface area contributed by atoms with Gasteiger partial charge in [-0.1, -0.05) is 11.6 Å². The Morgan fingerprint density at radius 3 is 2.16 bits per heavy atom. The lowest BCUT2D eigenvalue weighted by atomic mass is 10.1. The maximum Gasteiger partial charge on any atom is 0.278 e. The SMILES string of the molecule is Cc1ccc(O[Si](C)(C)C)c(/C=N/O[Si](C)(C)C)c1. The Bertz CT molecular complexity index is 459. The van der Waals surface area contributed by atoms with Crippen LogP contribution in [0.5, 0.6) is 5.75 Å². The summed E-state index contributed by atoms with van der Waals surface area (Å²) < 4.78 is 11.6. The molecule has 0 spiro atoms. The molecule has 106 valence electrons. The van der Waals surface area contributed by atoms with Crippen molar-refractivity contribution in [2.45, 2.75) is 46.2 Å². The molecule has 0 atom stereocenters. The smallest absolute Gasteiger partial charge is 0.278 e. The minimum atomic E-state index is -1.62. The maximum atomic E-state index is 6.07. The molecule has 0 aliphatic heterocycles. The Morgan fingerprint density at radius 1 is 1.00 bits per heavy atom. The van der Waals surface area contributed by atoms with Crippen LogP contribution >= 0.6 is 0 Å². The minimum absolute atomic E-state index is 0.896. The zero-order valence-electron chi connectivity index (χ0n) is 13.1. The standard InChI is InChI=1S/C14H25NO2Si2/c1-12-8-9-14(16-18(2,3)4)13(10-12)11-15-17-19(5,6)7/h8-11H,1-7H3/b15-11+. The summed E-state index contributed by atoms with van der Waals surface area (Å²) in [6.07, 6.45) is 1.76. The Labute approximate surface area is 118 Å². The molecule has 19 heavy (non-hydrogen) atoms. The summed E-state index contributed by atoms with van der Waals surface area (Å²) in [5.41, 5.74) is 2.18. The highest BCUT2D eigenvalue weighted by Crippen LogP contribution is 2.22. The summed E-state index contributed by atoms with van der Waals surface area (Å²) >= 11 is 0. The molecule has 0 unspecified atom stereocenters. The van der Waals surface area contributed by atoms with Crippen LogP contribution in [-0.2, 0) is 4.53 Å². The number of benzene rings is 1. The summed E-state index contributed by atoms with van der Waals surface area (Å²) in [7, 11) is -3.24. The van der Waals surface area contributed by atoms with Crippen LogP contribution in [0.15, 0.2) is 23.4 Å². The number of hydrogen-bond acceptors (Lipinski definition) is 3. The van der Waals surface area contributed by atoms with Crippen LogP contribution in [-0.4, -0.2) is 22.8 Å². The Kier molecular flexibility index (Phi) is 4.98. The largest absolute Gasteiger partial charge is 0.544 e. The van der Waals surface area contributed by atoms with Crippen molar-refractivity contribution < 1.29 is 8.95 Å². The predicted molar refractivity (Wildman–Crippen MR) is 87.2 cm³/mol. The van der Waals surface area contributed by atoms with Gasteiger partial charge in [0.05, 0.1) is 6.21 Å². The van der Waals surface area contributed by atoms with Gasteiger partial charge in [0.15, 0.2) is 0 Å². The molecule has 0 bridgehead atoms. The van der Waals surface area contributed by atoms with Gasteiger partial charge in [0.25, 0.3) is 8.32 Å². The molecule has 0 saturated heterocycles. The Balaban J connectivity index is 2.95. The van der Waals surface area contributed by atoms with Crippen LogP contribution in [0.1, 0.15) is 11.1 Å². The predicted octanol–water partition coefficient (Wildman–Crippen LogP) is 4.39. The lowest BCUT2D eigenvalue weighted by Crippen LogP contribution is -2.29. The van der Waals surface area contributed by atoms with Gasteiger partial charge < -0.3 is 8.95 Å². The zero-order valence-corrected chi connectivity index (χ0v) is 15.1. The van der Waals surface area contributed by atoms with E-state index in [9.17, 15) is 0 Å². The fourth-order valence-electron chi connectivity index (χ4n) is 1.43. The normalized spacial score (nSPS) is 12.8. The van der Waals surface area contributed by atoms with E-state index < -0.39 is 16.6 Å². The first-order valence-corrected chi connectivity index (χ1v) is 13.4. The number of oxime groups is 1. The zero-order chi connectivity index (χ0) is 14.7. The van der Waals surface area contributed by atoms with E-state index in [0.717, 1.165) is 11.3 Å². The first kappa shape index (κ1) is 16.0. The third-order valence-corrected chi connectivity index (χ3v) is 3.59. The number of aryl methyl sites for hydroxylation is 1. The van der Waals surface area contributed by atoms with Gasteiger partial charge in [0.1, 0.15) is 5.75 Å². The van der Waals surface area contributed by atoms with E-state index in [1.807, 2.05) is 6.07 Å². The fraction of sp³-hybridized carbons (Fsp3) is 0.500. The third kappa shape index (κ3) is 6.59. The number of hydrogen-bond donors (Lipinski definition) is 0. The van der Waals surface area contributed by atoms with Crippen molar-refractivity contribution in [1.29, 1.82) is 0 Å². The van der Waals surface area contributed by atoms with Gasteiger partial charge in [0, 0.05) is 5.56 Å². The first-order valence-electron chi connectivity index (χ1n) is 6.58. The number of nitrogens with zero attached hydrogens (tertiary/aromatic N) is 1. The average Bonchev–Trinajstić information content (AvgIpc) is 2.18. The van der Waals surface area contributed by atoms with Crippen molar-refractivity contribution in [1.82, 2.24) is 0 Å². The van der Waals surface area contributed by atoms with Crippen molar-refractivity contribution in [2.24, 2.45) is 5.16 Å². The van der Waals surface area contributed by atoms with Gasteiger partial charge in [-0.3, -0.25) is 0 Å². The molecule has 1 aromatic rings. The highest BCUT2D eigenvalue weighted by Gasteiger charge is 2.18. The van der Waals surface area contributed by atoms with Crippen molar-refractivity contribution in [3.63, 3.8) is 0 Å². The third-order valence-electron chi connectivity index (χ3n) is 2.10. The van der Waals surface area contributed by atoms with Gasteiger partial charge in [-0.2, -0.15) is 0 Å². The molecule has 0 radical (unpaired) electrons. The van der Waals surface area contributed by atoms with Crippen molar-refractivity contribution >= 4 is 22.8 Å². The monoisotopic (exact) mass is 295 g/mol. The van der Waals surface area contributed by atoms with Crippen LogP contribution in [0.2, 0.25) is 39.3 Å². The van der Waals surface area contributed by atoms with Gasteiger partial charge in [0.2, 0.25) is 8.32 Å². The summed E-state index contributed by atoms with van der Waals surface area (Å²) in [4.78, 5) is 0. The van der Waals surface area contributed by atoms with Crippen LogP contribution in [0.25, 0.3) is 0 Å². The lowest BCUT2D eigenvalue weighted by molar-refractivity contribution is 0.338. The second kappa shape index (κ2) is 5.92. The van der Waals surface area contributed by atoms with E-state index in [1.165, 1.54) is 5.56 Å². The molecule has 0 aliphatic rings. The first-order chi connectivity index (χ1) is 8.57. The second-order valence-corrected chi connectivity index (χ2v) is 15.5. The van der Waals surface area contributed by atoms with Crippen molar-refractivity contribution in [3.8, 4) is 5.75 Å². The summed E-state index contributed by atoms with van der Waals surface area (Å²) in [6.45, 7) is 14.9. The molecule has 0 aromatic heterocycles. The molecule has 0 N–H and O–H groups in total. The highest BCUT2D eigenvalue weighted by molar-refractivity contribution is 6.70. The Hall–Kier alpha value is -1.08. The van der Waals surface area contributed by atoms with Gasteiger partial charge in [-0.25, -0.2) is 0 Å². The summed E-state index contributed by atoms with van der Waals surface area (Å²) in [5, 5.41) is 4.12. The van der Waals surface area contributed by atoms with Gasteiger partial charge in [-0.05, 0) is 58.3 Å². The van der Waals surface area contributed by atoms with E-state index in [2.05, 4.69) is 63.5 Å². The van der Waals surface area contributed by atoms with Crippen LogP contribution < -0.4 is 4.43 Å². The molecule has 5 heteroatoms. The van der Waals surface area contributed by atoms with Crippen molar-refractivity contribution in [3.05, 3.63) is 29.3 Å². The van der Waals surface area contributed by atoms with Crippen molar-refractivity contribution in [2.75, 3.05) is 0 Å². The Morgan fingerprint density at radius 2 is 1.63 bits per heavy atom. The molecule has 3 nitrogen and oxygen atoms in total. The van der Waals surface area contributed by atoms with E-state index in [0.29, 0.717) is 0 Å². The fourth-order valence-corrected chi connectivity index (χ4v) is 2.65. The molecular formula is C14H25NO2Si2. The average molecular weight is 296 g/mol. The summed E-state index contributed by atoms with van der Waals surface area (Å²) in [5.74, 6) is 0.896. The van der Waals surface area contributed by atoms with Gasteiger partial charge >= 0.3 is 0 Å². The van der Waals surface area contributed by atoms with Crippen LogP contribution in [0, 0.1) is 6.92 Å². The maximum absolute atomic E-state index is 6.07. The molecular weight excluding hydrogens is 270 g/mol. The molecule has 1 aromatic carbocycles. The van der Waals surface area contributed by atoms with E-state index in [4.69, 9.17) is 8.95 Å². The quantitative estimate of drug-likeness (QED) is 0.458. The topological polar surface area (TPSA) is 30.8 Å². The molecule has 0 fully saturated rings. The number of rotatable bonds is 5. The van der Waals surface area contributed by atoms with Crippen LogP contribution in [0.3, 0.4) is 0 Å². The van der Waals surface area contributed by atoms with E-state index in [-0.39, 0.29) is 0 Å². The molecule has 0 saturated carbocycles. The van der Waals surface area contributed by atoms with Crippen LogP contribution in [0.4, 0.5) is 0 Å². The second-order valence-electron chi connectivity index (χ2n) is 6.69. The molecule has 0 heterocycles.